The zero-order valence-corrected chi connectivity index (χ0v) is 21.3. The van der Waals surface area contributed by atoms with Crippen LogP contribution in [0, 0.1) is 19.7 Å². The molecule has 0 unspecified atom stereocenters. The van der Waals surface area contributed by atoms with Crippen LogP contribution in [0.2, 0.25) is 10.0 Å². The Balaban J connectivity index is 1.55. The average molecular weight is 530 g/mol. The van der Waals surface area contributed by atoms with E-state index in [4.69, 9.17) is 23.2 Å². The normalized spacial score (nSPS) is 10.9. The van der Waals surface area contributed by atoms with Gasteiger partial charge in [-0.1, -0.05) is 64.8 Å². The minimum absolute atomic E-state index is 0.101. The molecule has 4 rings (SSSR count). The second kappa shape index (κ2) is 11.1. The van der Waals surface area contributed by atoms with Gasteiger partial charge in [-0.3, -0.25) is 4.57 Å². The van der Waals surface area contributed by atoms with Crippen LogP contribution in [0.15, 0.2) is 65.8 Å². The highest BCUT2D eigenvalue weighted by Crippen LogP contribution is 2.31. The summed E-state index contributed by atoms with van der Waals surface area (Å²) in [5, 5.41) is 15.8. The van der Waals surface area contributed by atoms with Crippen LogP contribution in [0.4, 0.5) is 14.9 Å². The quantitative estimate of drug-likeness (QED) is 0.254. The summed E-state index contributed by atoms with van der Waals surface area (Å²) in [6, 6.07) is 16.8. The van der Waals surface area contributed by atoms with E-state index in [1.165, 1.54) is 23.9 Å². The Morgan fingerprint density at radius 2 is 1.80 bits per heavy atom. The largest absolute Gasteiger partial charge is 0.331 e. The number of benzene rings is 3. The predicted molar refractivity (Wildman–Crippen MR) is 139 cm³/mol. The average Bonchev–Trinajstić information content (AvgIpc) is 3.23. The standard InChI is InChI=1S/C25H22Cl2FN5OS/c1-15-3-10-21(16(2)11-15)30-24(34)29-13-23-31-32-25(35-14-17-4-7-19(28)8-5-17)33(23)22-12-18(26)6-9-20(22)27/h3-12H,13-14H2,1-2H3,(H2,29,30,34). The summed E-state index contributed by atoms with van der Waals surface area (Å²) < 4.78 is 15.0. The van der Waals surface area contributed by atoms with Crippen molar-refractivity contribution in [3.63, 3.8) is 0 Å². The number of hydrogen-bond donors (Lipinski definition) is 2. The van der Waals surface area contributed by atoms with Gasteiger partial charge in [0.1, 0.15) is 5.82 Å². The number of thioether (sulfide) groups is 1. The van der Waals surface area contributed by atoms with E-state index in [1.807, 2.05) is 32.0 Å². The predicted octanol–water partition coefficient (Wildman–Crippen LogP) is 6.94. The zero-order chi connectivity index (χ0) is 24.9. The first kappa shape index (κ1) is 25.0. The molecule has 0 fully saturated rings. The highest BCUT2D eigenvalue weighted by atomic mass is 35.5. The van der Waals surface area contributed by atoms with Crippen molar-refractivity contribution >= 4 is 46.7 Å². The Hall–Kier alpha value is -3.07. The third-order valence-corrected chi connectivity index (χ3v) is 6.72. The molecule has 4 aromatic rings. The molecular formula is C25H22Cl2FN5OS. The molecule has 180 valence electrons. The van der Waals surface area contributed by atoms with Gasteiger partial charge in [0.15, 0.2) is 11.0 Å². The monoisotopic (exact) mass is 529 g/mol. The number of hydrogen-bond acceptors (Lipinski definition) is 4. The zero-order valence-electron chi connectivity index (χ0n) is 19.0. The Morgan fingerprint density at radius 3 is 2.54 bits per heavy atom. The number of nitrogens with one attached hydrogen (secondary N) is 2. The van der Waals surface area contributed by atoms with Crippen molar-refractivity contribution in [3.8, 4) is 5.69 Å². The van der Waals surface area contributed by atoms with Crippen molar-refractivity contribution in [1.29, 1.82) is 0 Å². The fourth-order valence-electron chi connectivity index (χ4n) is 3.42. The molecule has 3 aromatic carbocycles. The van der Waals surface area contributed by atoms with Crippen molar-refractivity contribution in [3.05, 3.63) is 99.0 Å². The van der Waals surface area contributed by atoms with Crippen molar-refractivity contribution in [2.75, 3.05) is 5.32 Å². The lowest BCUT2D eigenvalue weighted by molar-refractivity contribution is 0.251. The van der Waals surface area contributed by atoms with Crippen LogP contribution in [0.25, 0.3) is 5.69 Å². The minimum Gasteiger partial charge on any atom is -0.331 e. The highest BCUT2D eigenvalue weighted by molar-refractivity contribution is 7.98. The first-order valence-electron chi connectivity index (χ1n) is 10.7. The molecule has 6 nitrogen and oxygen atoms in total. The van der Waals surface area contributed by atoms with E-state index < -0.39 is 0 Å². The molecule has 1 aromatic heterocycles. The van der Waals surface area contributed by atoms with E-state index in [9.17, 15) is 9.18 Å². The minimum atomic E-state index is -0.371. The first-order valence-corrected chi connectivity index (χ1v) is 12.4. The third-order valence-electron chi connectivity index (χ3n) is 5.17. The van der Waals surface area contributed by atoms with Gasteiger partial charge < -0.3 is 10.6 Å². The van der Waals surface area contributed by atoms with Gasteiger partial charge in [-0.15, -0.1) is 10.2 Å². The van der Waals surface area contributed by atoms with Crippen LogP contribution >= 0.6 is 35.0 Å². The molecule has 0 radical (unpaired) electrons. The fourth-order valence-corrected chi connectivity index (χ4v) is 4.70. The van der Waals surface area contributed by atoms with Crippen LogP contribution in [0.5, 0.6) is 0 Å². The summed E-state index contributed by atoms with van der Waals surface area (Å²) in [5.41, 5.74) is 4.33. The number of carbonyl (C=O) groups excluding carboxylic acids is 1. The summed E-state index contributed by atoms with van der Waals surface area (Å²) >= 11 is 14.1. The lowest BCUT2D eigenvalue weighted by atomic mass is 10.1. The maximum Gasteiger partial charge on any atom is 0.319 e. The van der Waals surface area contributed by atoms with Crippen molar-refractivity contribution in [1.82, 2.24) is 20.1 Å². The third kappa shape index (κ3) is 6.33. The maximum absolute atomic E-state index is 13.2. The summed E-state index contributed by atoms with van der Waals surface area (Å²) in [5.74, 6) is 0.726. The van der Waals surface area contributed by atoms with Crippen LogP contribution < -0.4 is 10.6 Å². The summed E-state index contributed by atoms with van der Waals surface area (Å²) in [4.78, 5) is 12.6. The molecule has 0 saturated heterocycles. The number of rotatable bonds is 7. The van der Waals surface area contributed by atoms with E-state index in [2.05, 4.69) is 20.8 Å². The van der Waals surface area contributed by atoms with Gasteiger partial charge >= 0.3 is 6.03 Å². The number of anilines is 1. The number of carbonyl (C=O) groups is 1. The fraction of sp³-hybridized carbons (Fsp3) is 0.160. The van der Waals surface area contributed by atoms with Crippen LogP contribution in [0.3, 0.4) is 0 Å². The van der Waals surface area contributed by atoms with Gasteiger partial charge in [0.2, 0.25) is 0 Å². The van der Waals surface area contributed by atoms with E-state index in [1.54, 1.807) is 34.9 Å². The molecule has 0 bridgehead atoms. The Kier molecular flexibility index (Phi) is 7.95. The van der Waals surface area contributed by atoms with Gasteiger partial charge in [-0.2, -0.15) is 0 Å². The molecule has 10 heteroatoms. The highest BCUT2D eigenvalue weighted by Gasteiger charge is 2.18. The summed E-state index contributed by atoms with van der Waals surface area (Å²) in [7, 11) is 0. The van der Waals surface area contributed by atoms with Gasteiger partial charge in [0.25, 0.3) is 0 Å². The molecule has 0 aliphatic carbocycles. The van der Waals surface area contributed by atoms with E-state index in [0.717, 1.165) is 22.4 Å². The number of halogens is 3. The van der Waals surface area contributed by atoms with Crippen molar-refractivity contribution in [2.45, 2.75) is 31.3 Å². The number of aryl methyl sites for hydroxylation is 2. The Bertz CT molecular complexity index is 1360. The second-order valence-electron chi connectivity index (χ2n) is 7.87. The van der Waals surface area contributed by atoms with Crippen molar-refractivity contribution < 1.29 is 9.18 Å². The molecule has 0 aliphatic rings. The van der Waals surface area contributed by atoms with E-state index >= 15 is 0 Å². The summed E-state index contributed by atoms with van der Waals surface area (Å²) in [6.45, 7) is 4.03. The van der Waals surface area contributed by atoms with Crippen molar-refractivity contribution in [2.24, 2.45) is 0 Å². The molecule has 0 spiro atoms. The van der Waals surface area contributed by atoms with Gasteiger partial charge in [-0.05, 0) is 61.4 Å². The topological polar surface area (TPSA) is 71.8 Å². The summed E-state index contributed by atoms with van der Waals surface area (Å²) in [6.07, 6.45) is 0. The maximum atomic E-state index is 13.2. The van der Waals surface area contributed by atoms with Gasteiger partial charge in [-0.25, -0.2) is 9.18 Å². The molecule has 0 aliphatic heterocycles. The molecule has 2 amide bonds. The second-order valence-corrected chi connectivity index (χ2v) is 9.66. The molecule has 0 atom stereocenters. The van der Waals surface area contributed by atoms with Gasteiger partial charge in [0.05, 0.1) is 17.3 Å². The lowest BCUT2D eigenvalue weighted by Crippen LogP contribution is -2.29. The molecular weight excluding hydrogens is 508 g/mol. The number of urea groups is 1. The Morgan fingerprint density at radius 1 is 1.03 bits per heavy atom. The SMILES string of the molecule is Cc1ccc(NC(=O)NCc2nnc(SCc3ccc(F)cc3)n2-c2cc(Cl)ccc2Cl)c(C)c1. The molecule has 1 heterocycles. The molecule has 0 saturated carbocycles. The smallest absolute Gasteiger partial charge is 0.319 e. The molecule has 2 N–H and O–H groups in total. The van der Waals surface area contributed by atoms with Crippen LogP contribution in [-0.4, -0.2) is 20.8 Å². The van der Waals surface area contributed by atoms with Crippen LogP contribution in [0.1, 0.15) is 22.5 Å². The lowest BCUT2D eigenvalue weighted by Gasteiger charge is -2.14. The molecule has 35 heavy (non-hydrogen) atoms. The number of aromatic nitrogens is 3. The van der Waals surface area contributed by atoms with E-state index in [0.29, 0.717) is 32.5 Å². The number of amides is 2. The van der Waals surface area contributed by atoms with E-state index in [-0.39, 0.29) is 18.4 Å². The number of nitrogens with zero attached hydrogens (tertiary/aromatic N) is 3. The Labute approximate surface area is 216 Å². The first-order chi connectivity index (χ1) is 16.8. The van der Waals surface area contributed by atoms with Gasteiger partial charge in [0, 0.05) is 16.5 Å². The van der Waals surface area contributed by atoms with Crippen LogP contribution in [-0.2, 0) is 12.3 Å².